The fourth-order valence-electron chi connectivity index (χ4n) is 1.60. The first-order valence-electron chi connectivity index (χ1n) is 5.38. The van der Waals surface area contributed by atoms with Crippen LogP contribution in [0.4, 0.5) is 0 Å². The van der Waals surface area contributed by atoms with Crippen molar-refractivity contribution in [3.05, 3.63) is 24.3 Å². The van der Waals surface area contributed by atoms with Gasteiger partial charge in [0.25, 0.3) is 0 Å². The third kappa shape index (κ3) is 3.53. The minimum absolute atomic E-state index is 0. The van der Waals surface area contributed by atoms with Gasteiger partial charge in [0, 0.05) is 0 Å². The summed E-state index contributed by atoms with van der Waals surface area (Å²) in [4.78, 5) is 0. The quantitative estimate of drug-likeness (QED) is 0.669. The van der Waals surface area contributed by atoms with Crippen LogP contribution in [0.5, 0.6) is 11.5 Å². The standard InChI is InChI=1S/C12H15NO3.ClH/c1-2-14-12(13)7-9-8-15-10-5-3-4-6-11(10)16-9;/h3-6,9,13H,2,7-8H2,1H3;1H. The Morgan fingerprint density at radius 1 is 1.41 bits per heavy atom. The number of benzene rings is 1. The zero-order chi connectivity index (χ0) is 11.4. The summed E-state index contributed by atoms with van der Waals surface area (Å²) < 4.78 is 16.3. The molecular formula is C12H16ClNO3. The van der Waals surface area contributed by atoms with Crippen LogP contribution in [0.15, 0.2) is 24.3 Å². The lowest BCUT2D eigenvalue weighted by Crippen LogP contribution is -2.31. The highest BCUT2D eigenvalue weighted by Gasteiger charge is 2.22. The molecule has 0 spiro atoms. The Morgan fingerprint density at radius 2 is 2.12 bits per heavy atom. The number of nitrogens with one attached hydrogen (secondary N) is 1. The van der Waals surface area contributed by atoms with Gasteiger partial charge < -0.3 is 14.2 Å². The van der Waals surface area contributed by atoms with Crippen molar-refractivity contribution in [2.45, 2.75) is 19.4 Å². The fourth-order valence-corrected chi connectivity index (χ4v) is 1.60. The molecule has 0 saturated carbocycles. The zero-order valence-corrected chi connectivity index (χ0v) is 10.5. The van der Waals surface area contributed by atoms with Crippen LogP contribution in [-0.2, 0) is 4.74 Å². The molecule has 1 aliphatic heterocycles. The van der Waals surface area contributed by atoms with Crippen molar-refractivity contribution in [3.8, 4) is 11.5 Å². The van der Waals surface area contributed by atoms with Gasteiger partial charge in [-0.3, -0.25) is 5.41 Å². The molecule has 0 amide bonds. The van der Waals surface area contributed by atoms with Crippen molar-refractivity contribution >= 4 is 18.3 Å². The lowest BCUT2D eigenvalue weighted by atomic mass is 10.2. The van der Waals surface area contributed by atoms with Crippen LogP contribution in [0, 0.1) is 5.41 Å². The Morgan fingerprint density at radius 3 is 2.82 bits per heavy atom. The molecule has 1 aromatic rings. The van der Waals surface area contributed by atoms with E-state index in [1.54, 1.807) is 0 Å². The maximum absolute atomic E-state index is 7.55. The van der Waals surface area contributed by atoms with Crippen molar-refractivity contribution in [2.75, 3.05) is 13.2 Å². The van der Waals surface area contributed by atoms with Crippen LogP contribution in [0.1, 0.15) is 13.3 Å². The van der Waals surface area contributed by atoms with Gasteiger partial charge in [-0.2, -0.15) is 0 Å². The number of para-hydroxylation sites is 2. The normalized spacial score (nSPS) is 16.9. The van der Waals surface area contributed by atoms with Crippen molar-refractivity contribution in [1.29, 1.82) is 5.41 Å². The SMILES string of the molecule is CCOC(=N)CC1COc2ccccc2O1.Cl. The van der Waals surface area contributed by atoms with Crippen LogP contribution < -0.4 is 9.47 Å². The summed E-state index contributed by atoms with van der Waals surface area (Å²) >= 11 is 0. The minimum atomic E-state index is -0.131. The minimum Gasteiger partial charge on any atom is -0.486 e. The number of ether oxygens (including phenoxy) is 3. The molecule has 17 heavy (non-hydrogen) atoms. The van der Waals surface area contributed by atoms with E-state index in [-0.39, 0.29) is 24.4 Å². The summed E-state index contributed by atoms with van der Waals surface area (Å²) in [6.07, 6.45) is 0.316. The molecule has 1 unspecified atom stereocenters. The first-order chi connectivity index (χ1) is 7.79. The summed E-state index contributed by atoms with van der Waals surface area (Å²) in [5.74, 6) is 1.75. The summed E-state index contributed by atoms with van der Waals surface area (Å²) in [6.45, 7) is 2.84. The molecule has 0 saturated heterocycles. The molecular weight excluding hydrogens is 242 g/mol. The van der Waals surface area contributed by atoms with Gasteiger partial charge >= 0.3 is 0 Å². The molecule has 5 heteroatoms. The average molecular weight is 258 g/mol. The van der Waals surface area contributed by atoms with Gasteiger partial charge in [0.05, 0.1) is 13.0 Å². The smallest absolute Gasteiger partial charge is 0.184 e. The van der Waals surface area contributed by atoms with Gasteiger partial charge in [0.1, 0.15) is 12.7 Å². The van der Waals surface area contributed by atoms with E-state index in [0.717, 1.165) is 11.5 Å². The molecule has 94 valence electrons. The Hall–Kier alpha value is -1.42. The van der Waals surface area contributed by atoms with Gasteiger partial charge in [-0.1, -0.05) is 12.1 Å². The molecule has 1 aromatic carbocycles. The first kappa shape index (κ1) is 13.6. The first-order valence-corrected chi connectivity index (χ1v) is 5.38. The Bertz CT molecular complexity index is 384. The zero-order valence-electron chi connectivity index (χ0n) is 9.64. The topological polar surface area (TPSA) is 51.5 Å². The Kier molecular flexibility index (Phi) is 5.10. The number of hydrogen-bond acceptors (Lipinski definition) is 4. The maximum atomic E-state index is 7.55. The van der Waals surface area contributed by atoms with Gasteiger partial charge in [-0.15, -0.1) is 12.4 Å². The van der Waals surface area contributed by atoms with Crippen LogP contribution in [0.25, 0.3) is 0 Å². The second-order valence-electron chi connectivity index (χ2n) is 3.56. The van der Waals surface area contributed by atoms with E-state index < -0.39 is 0 Å². The highest BCUT2D eigenvalue weighted by atomic mass is 35.5. The molecule has 1 aliphatic rings. The van der Waals surface area contributed by atoms with Gasteiger partial charge in [0.2, 0.25) is 0 Å². The van der Waals surface area contributed by atoms with Gasteiger partial charge in [-0.05, 0) is 19.1 Å². The summed E-state index contributed by atoms with van der Waals surface area (Å²) in [7, 11) is 0. The van der Waals surface area contributed by atoms with Crippen molar-refractivity contribution in [2.24, 2.45) is 0 Å². The molecule has 2 rings (SSSR count). The molecule has 0 fully saturated rings. The maximum Gasteiger partial charge on any atom is 0.184 e. The van der Waals surface area contributed by atoms with Crippen molar-refractivity contribution < 1.29 is 14.2 Å². The number of fused-ring (bicyclic) bond motifs is 1. The third-order valence-electron chi connectivity index (χ3n) is 2.30. The predicted molar refractivity (Wildman–Crippen MR) is 67.6 cm³/mol. The van der Waals surface area contributed by atoms with Crippen molar-refractivity contribution in [3.63, 3.8) is 0 Å². The second kappa shape index (κ2) is 6.35. The molecule has 0 aromatic heterocycles. The molecule has 1 atom stereocenters. The molecule has 0 radical (unpaired) electrons. The molecule has 1 N–H and O–H groups in total. The van der Waals surface area contributed by atoms with Crippen LogP contribution in [0.3, 0.4) is 0 Å². The summed E-state index contributed by atoms with van der Waals surface area (Å²) in [5, 5.41) is 7.55. The summed E-state index contributed by atoms with van der Waals surface area (Å²) in [6, 6.07) is 7.55. The largest absolute Gasteiger partial charge is 0.486 e. The molecule has 1 heterocycles. The van der Waals surface area contributed by atoms with E-state index >= 15 is 0 Å². The van der Waals surface area contributed by atoms with Gasteiger partial charge in [0.15, 0.2) is 17.4 Å². The Balaban J connectivity index is 0.00000144. The average Bonchev–Trinajstić information content (AvgIpc) is 2.29. The highest BCUT2D eigenvalue weighted by Crippen LogP contribution is 2.31. The lowest BCUT2D eigenvalue weighted by molar-refractivity contribution is 0.0910. The Labute approximate surface area is 107 Å². The van der Waals surface area contributed by atoms with E-state index in [0.29, 0.717) is 19.6 Å². The van der Waals surface area contributed by atoms with Crippen LogP contribution in [-0.4, -0.2) is 25.2 Å². The lowest BCUT2D eigenvalue weighted by Gasteiger charge is -2.26. The van der Waals surface area contributed by atoms with Gasteiger partial charge in [-0.25, -0.2) is 0 Å². The molecule has 0 aliphatic carbocycles. The highest BCUT2D eigenvalue weighted by molar-refractivity contribution is 5.85. The number of hydrogen-bond donors (Lipinski definition) is 1. The van der Waals surface area contributed by atoms with E-state index in [2.05, 4.69) is 0 Å². The van der Waals surface area contributed by atoms with E-state index in [1.807, 2.05) is 31.2 Å². The monoisotopic (exact) mass is 257 g/mol. The van der Waals surface area contributed by atoms with Crippen molar-refractivity contribution in [1.82, 2.24) is 0 Å². The number of rotatable bonds is 3. The van der Waals surface area contributed by atoms with Crippen LogP contribution >= 0.6 is 12.4 Å². The van der Waals surface area contributed by atoms with Crippen LogP contribution in [0.2, 0.25) is 0 Å². The number of halogens is 1. The molecule has 0 bridgehead atoms. The molecule has 4 nitrogen and oxygen atoms in total. The predicted octanol–water partition coefficient (Wildman–Crippen LogP) is 2.65. The summed E-state index contributed by atoms with van der Waals surface area (Å²) in [5.41, 5.74) is 0. The third-order valence-corrected chi connectivity index (χ3v) is 2.30. The second-order valence-corrected chi connectivity index (χ2v) is 3.56. The van der Waals surface area contributed by atoms with E-state index in [4.69, 9.17) is 19.6 Å². The van der Waals surface area contributed by atoms with E-state index in [1.165, 1.54) is 0 Å². The fraction of sp³-hybridized carbons (Fsp3) is 0.417. The van der Waals surface area contributed by atoms with E-state index in [9.17, 15) is 0 Å².